The minimum atomic E-state index is -0.532. The summed E-state index contributed by atoms with van der Waals surface area (Å²) < 4.78 is 14.7. The Balaban J connectivity index is 1.44. The van der Waals surface area contributed by atoms with E-state index in [0.717, 1.165) is 47.5 Å². The third-order valence-electron chi connectivity index (χ3n) is 8.55. The number of piperidine rings is 2. The molecule has 1 spiro atoms. The highest BCUT2D eigenvalue weighted by Crippen LogP contribution is 2.51. The minimum absolute atomic E-state index is 0.000436. The molecule has 1 aromatic heterocycles. The van der Waals surface area contributed by atoms with Crippen LogP contribution in [0.15, 0.2) is 24.3 Å². The number of fused-ring (bicyclic) bond motifs is 4. The standard InChI is InChI=1S/C31H45N5O4/c1-8-16-32-27(37)34-18-14-31(15-19-34)25-21(2)36(33-26(25)23-11-9-10-12-24(23)39-31)22-13-17-35(30(6,7)20-22)28(38)40-29(3,4)5/h9-12,22H,8,13-20H2,1-7H3,(H,32,37)/t22-/m1/s1. The molecule has 2 fully saturated rings. The van der Waals surface area contributed by atoms with E-state index in [1.54, 1.807) is 0 Å². The molecule has 3 amide bonds. The van der Waals surface area contributed by atoms with Crippen molar-refractivity contribution in [3.05, 3.63) is 35.5 Å². The normalized spacial score (nSPS) is 21.3. The second-order valence-corrected chi connectivity index (χ2v) is 13.2. The van der Waals surface area contributed by atoms with Gasteiger partial charge in [-0.05, 0) is 72.9 Å². The quantitative estimate of drug-likeness (QED) is 0.505. The number of ether oxygens (including phenoxy) is 2. The number of carbonyl (C=O) groups excluding carboxylic acids is 2. The summed E-state index contributed by atoms with van der Waals surface area (Å²) in [6.45, 7) is 16.7. The van der Waals surface area contributed by atoms with E-state index in [1.165, 1.54) is 0 Å². The van der Waals surface area contributed by atoms with Crippen molar-refractivity contribution in [2.75, 3.05) is 26.2 Å². The first-order valence-electron chi connectivity index (χ1n) is 14.8. The van der Waals surface area contributed by atoms with E-state index in [-0.39, 0.29) is 23.7 Å². The monoisotopic (exact) mass is 551 g/mol. The van der Waals surface area contributed by atoms with Crippen LogP contribution in [0.25, 0.3) is 11.3 Å². The highest BCUT2D eigenvalue weighted by atomic mass is 16.6. The molecule has 0 saturated carbocycles. The zero-order chi connectivity index (χ0) is 28.9. The lowest BCUT2D eigenvalue weighted by Crippen LogP contribution is -2.54. The first kappa shape index (κ1) is 28.3. The van der Waals surface area contributed by atoms with E-state index in [9.17, 15) is 9.59 Å². The van der Waals surface area contributed by atoms with Crippen LogP contribution in [0.2, 0.25) is 0 Å². The van der Waals surface area contributed by atoms with Crippen LogP contribution in [0, 0.1) is 6.92 Å². The maximum atomic E-state index is 13.0. The molecule has 40 heavy (non-hydrogen) atoms. The van der Waals surface area contributed by atoms with Crippen LogP contribution in [0.1, 0.15) is 90.9 Å². The summed E-state index contributed by atoms with van der Waals surface area (Å²) in [4.78, 5) is 29.5. The SMILES string of the molecule is CCCNC(=O)N1CCC2(CC1)Oc1ccccc1-c1nn([C@@H]3CCN(C(=O)OC(C)(C)C)C(C)(C)C3)c(C)c12. The summed E-state index contributed by atoms with van der Waals surface area (Å²) in [6.07, 6.45) is 3.65. The van der Waals surface area contributed by atoms with Crippen LogP contribution in [0.5, 0.6) is 5.75 Å². The lowest BCUT2D eigenvalue weighted by Gasteiger charge is -2.46. The Bertz CT molecular complexity index is 1270. The maximum absolute atomic E-state index is 13.0. The van der Waals surface area contributed by atoms with Gasteiger partial charge in [0, 0.05) is 61.4 Å². The number of benzene rings is 1. The summed E-state index contributed by atoms with van der Waals surface area (Å²) in [6, 6.07) is 8.28. The number of rotatable bonds is 3. The fraction of sp³-hybridized carbons (Fsp3) is 0.645. The zero-order valence-corrected chi connectivity index (χ0v) is 25.2. The minimum Gasteiger partial charge on any atom is -0.482 e. The highest BCUT2D eigenvalue weighted by Gasteiger charge is 2.48. The third-order valence-corrected chi connectivity index (χ3v) is 8.55. The lowest BCUT2D eigenvalue weighted by atomic mass is 9.79. The number of nitrogens with one attached hydrogen (secondary N) is 1. The molecular weight excluding hydrogens is 506 g/mol. The molecule has 218 valence electrons. The summed E-state index contributed by atoms with van der Waals surface area (Å²) in [5.74, 6) is 0.851. The van der Waals surface area contributed by atoms with Crippen molar-refractivity contribution >= 4 is 12.1 Å². The van der Waals surface area contributed by atoms with Crippen molar-refractivity contribution in [2.45, 2.75) is 103 Å². The molecule has 4 heterocycles. The number of para-hydroxylation sites is 1. The predicted molar refractivity (Wildman–Crippen MR) is 154 cm³/mol. The molecule has 9 heteroatoms. The Hall–Kier alpha value is -3.23. The second kappa shape index (κ2) is 10.3. The van der Waals surface area contributed by atoms with Crippen LogP contribution in [0.4, 0.5) is 9.59 Å². The number of likely N-dealkylation sites (tertiary alicyclic amines) is 2. The Morgan fingerprint density at radius 1 is 1.15 bits per heavy atom. The van der Waals surface area contributed by atoms with E-state index >= 15 is 0 Å². The Morgan fingerprint density at radius 3 is 2.50 bits per heavy atom. The van der Waals surface area contributed by atoms with Gasteiger partial charge in [0.15, 0.2) is 0 Å². The highest BCUT2D eigenvalue weighted by molar-refractivity contribution is 5.76. The van der Waals surface area contributed by atoms with E-state index in [1.807, 2.05) is 48.8 Å². The molecular formula is C31H45N5O4. The summed E-state index contributed by atoms with van der Waals surface area (Å²) in [5, 5.41) is 8.27. The number of hydrogen-bond donors (Lipinski definition) is 1. The fourth-order valence-electron chi connectivity index (χ4n) is 6.62. The van der Waals surface area contributed by atoms with Gasteiger partial charge in [0.25, 0.3) is 0 Å². The fourth-order valence-corrected chi connectivity index (χ4v) is 6.62. The van der Waals surface area contributed by atoms with E-state index in [0.29, 0.717) is 39.0 Å². The van der Waals surface area contributed by atoms with Gasteiger partial charge >= 0.3 is 12.1 Å². The molecule has 3 aliphatic heterocycles. The van der Waals surface area contributed by atoms with Crippen molar-refractivity contribution in [3.8, 4) is 17.0 Å². The van der Waals surface area contributed by atoms with Gasteiger partial charge in [-0.3, -0.25) is 4.68 Å². The van der Waals surface area contributed by atoms with E-state index < -0.39 is 11.2 Å². The molecule has 1 atom stereocenters. The number of amides is 3. The van der Waals surface area contributed by atoms with Gasteiger partial charge in [-0.15, -0.1) is 0 Å². The van der Waals surface area contributed by atoms with Gasteiger partial charge in [-0.2, -0.15) is 5.10 Å². The number of nitrogens with zero attached hydrogens (tertiary/aromatic N) is 4. The van der Waals surface area contributed by atoms with Gasteiger partial charge < -0.3 is 24.6 Å². The van der Waals surface area contributed by atoms with Crippen molar-refractivity contribution in [1.29, 1.82) is 0 Å². The Kier molecular flexibility index (Phi) is 7.29. The van der Waals surface area contributed by atoms with Crippen LogP contribution in [-0.2, 0) is 10.3 Å². The number of hydrogen-bond acceptors (Lipinski definition) is 5. The van der Waals surface area contributed by atoms with E-state index in [4.69, 9.17) is 14.6 Å². The first-order chi connectivity index (χ1) is 18.8. The van der Waals surface area contributed by atoms with Gasteiger partial charge in [-0.25, -0.2) is 9.59 Å². The molecule has 2 aromatic rings. The zero-order valence-electron chi connectivity index (χ0n) is 25.2. The predicted octanol–water partition coefficient (Wildman–Crippen LogP) is 6.01. The molecule has 9 nitrogen and oxygen atoms in total. The number of urea groups is 1. The number of carbonyl (C=O) groups is 2. The van der Waals surface area contributed by atoms with Crippen molar-refractivity contribution < 1.29 is 19.1 Å². The molecule has 0 aliphatic carbocycles. The van der Waals surface area contributed by atoms with Crippen molar-refractivity contribution in [3.63, 3.8) is 0 Å². The Morgan fingerprint density at radius 2 is 1.85 bits per heavy atom. The topological polar surface area (TPSA) is 88.9 Å². The molecule has 0 radical (unpaired) electrons. The molecule has 3 aliphatic rings. The van der Waals surface area contributed by atoms with Crippen LogP contribution in [-0.4, -0.2) is 69.0 Å². The molecule has 0 bridgehead atoms. The van der Waals surface area contributed by atoms with Gasteiger partial charge in [0.1, 0.15) is 22.6 Å². The van der Waals surface area contributed by atoms with Gasteiger partial charge in [0.05, 0.1) is 6.04 Å². The van der Waals surface area contributed by atoms with Crippen LogP contribution >= 0.6 is 0 Å². The average Bonchev–Trinajstić information content (AvgIpc) is 3.24. The molecule has 2 saturated heterocycles. The third kappa shape index (κ3) is 5.15. The smallest absolute Gasteiger partial charge is 0.410 e. The summed E-state index contributed by atoms with van der Waals surface area (Å²) in [5.41, 5.74) is 2.81. The Labute approximate surface area is 238 Å². The average molecular weight is 552 g/mol. The second-order valence-electron chi connectivity index (χ2n) is 13.2. The lowest BCUT2D eigenvalue weighted by molar-refractivity contribution is -0.0145. The molecule has 5 rings (SSSR count). The van der Waals surface area contributed by atoms with Crippen molar-refractivity contribution in [1.82, 2.24) is 24.9 Å². The largest absolute Gasteiger partial charge is 0.482 e. The van der Waals surface area contributed by atoms with Crippen LogP contribution < -0.4 is 10.1 Å². The van der Waals surface area contributed by atoms with E-state index in [2.05, 4.69) is 43.8 Å². The molecule has 1 aromatic carbocycles. The molecule has 1 N–H and O–H groups in total. The first-order valence-corrected chi connectivity index (χ1v) is 14.8. The van der Waals surface area contributed by atoms with Gasteiger partial charge in [0.2, 0.25) is 0 Å². The molecule has 0 unspecified atom stereocenters. The van der Waals surface area contributed by atoms with Crippen LogP contribution in [0.3, 0.4) is 0 Å². The summed E-state index contributed by atoms with van der Waals surface area (Å²) >= 11 is 0. The van der Waals surface area contributed by atoms with Gasteiger partial charge in [-0.1, -0.05) is 19.1 Å². The summed E-state index contributed by atoms with van der Waals surface area (Å²) in [7, 11) is 0. The maximum Gasteiger partial charge on any atom is 0.410 e. The number of aromatic nitrogens is 2. The van der Waals surface area contributed by atoms with Crippen molar-refractivity contribution in [2.24, 2.45) is 0 Å².